The maximum absolute atomic E-state index is 8.94. The smallest absolute Gasteiger partial charge is 0.0640 e. The Hall–Kier alpha value is -6.48. The predicted octanol–water partition coefficient (Wildman–Crippen LogP) is 14.8. The molecule has 0 saturated carbocycles. The van der Waals surface area contributed by atoms with Gasteiger partial charge in [-0.15, -0.1) is 11.3 Å². The van der Waals surface area contributed by atoms with Crippen molar-refractivity contribution in [3.63, 3.8) is 0 Å². The molecular formula is C50H33NS. The van der Waals surface area contributed by atoms with Crippen molar-refractivity contribution < 1.29 is 16.4 Å². The van der Waals surface area contributed by atoms with Crippen LogP contribution >= 0.6 is 11.3 Å². The summed E-state index contributed by atoms with van der Waals surface area (Å²) in [5.74, 6) is 0. The van der Waals surface area contributed by atoms with E-state index in [1.807, 2.05) is 97.1 Å². The van der Waals surface area contributed by atoms with E-state index in [1.165, 1.54) is 0 Å². The van der Waals surface area contributed by atoms with Crippen LogP contribution in [-0.4, -0.2) is 0 Å². The first-order valence-corrected chi connectivity index (χ1v) is 17.6. The van der Waals surface area contributed by atoms with Gasteiger partial charge in [-0.1, -0.05) is 151 Å². The van der Waals surface area contributed by atoms with Crippen molar-refractivity contribution in [2.24, 2.45) is 0 Å². The van der Waals surface area contributed by atoms with Crippen LogP contribution in [0, 0.1) is 0 Å². The summed E-state index contributed by atoms with van der Waals surface area (Å²) in [4.78, 5) is 2.11. The van der Waals surface area contributed by atoms with E-state index < -0.39 is 48.3 Å². The van der Waals surface area contributed by atoms with E-state index in [4.69, 9.17) is 16.4 Å². The molecule has 0 fully saturated rings. The lowest BCUT2D eigenvalue weighted by molar-refractivity contribution is 1.30. The van der Waals surface area contributed by atoms with Crippen molar-refractivity contribution in [3.05, 3.63) is 200 Å². The first kappa shape index (κ1) is 20.4. The van der Waals surface area contributed by atoms with Crippen LogP contribution in [0.4, 0.5) is 17.1 Å². The standard InChI is InChI=1S/C50H33NS/c1-2-12-35(13-3-1)46-32-38-15-4-5-16-39(38)33-47(46)37-26-30-41(31-27-37)51(48-22-11-21-45-44-19-8-9-23-49(44)52-50(45)48)40-28-24-36(25-29-40)43-20-10-17-34-14-6-7-18-42(34)43/h1-33H/i1D,2D,3D,6D,7D,10D,12D,13D,14D,17D,18D,20D. The fourth-order valence-corrected chi connectivity index (χ4v) is 8.21. The Labute approximate surface area is 324 Å². The van der Waals surface area contributed by atoms with Crippen molar-refractivity contribution in [3.8, 4) is 33.4 Å². The molecule has 10 rings (SSSR count). The van der Waals surface area contributed by atoms with E-state index >= 15 is 0 Å². The first-order valence-electron chi connectivity index (χ1n) is 22.8. The highest BCUT2D eigenvalue weighted by Crippen LogP contribution is 2.46. The van der Waals surface area contributed by atoms with Crippen LogP contribution in [-0.2, 0) is 0 Å². The maximum atomic E-state index is 8.94. The van der Waals surface area contributed by atoms with Gasteiger partial charge in [-0.3, -0.25) is 0 Å². The minimum atomic E-state index is -0.507. The summed E-state index contributed by atoms with van der Waals surface area (Å²) in [7, 11) is 0. The van der Waals surface area contributed by atoms with Gasteiger partial charge in [0.1, 0.15) is 0 Å². The van der Waals surface area contributed by atoms with E-state index in [0.717, 1.165) is 53.6 Å². The Bertz CT molecular complexity index is 3550. The molecule has 1 heterocycles. The lowest BCUT2D eigenvalue weighted by Gasteiger charge is -2.26. The van der Waals surface area contributed by atoms with Crippen molar-refractivity contribution >= 4 is 70.1 Å². The molecule has 9 aromatic carbocycles. The van der Waals surface area contributed by atoms with E-state index in [-0.39, 0.29) is 46.1 Å². The largest absolute Gasteiger partial charge is 0.309 e. The van der Waals surface area contributed by atoms with Gasteiger partial charge >= 0.3 is 0 Å². The topological polar surface area (TPSA) is 3.24 Å². The first-order chi connectivity index (χ1) is 30.8. The molecule has 0 atom stereocenters. The Morgan fingerprint density at radius 1 is 0.404 bits per heavy atom. The van der Waals surface area contributed by atoms with E-state index in [0.29, 0.717) is 16.7 Å². The molecule has 0 bridgehead atoms. The number of hydrogen-bond acceptors (Lipinski definition) is 2. The van der Waals surface area contributed by atoms with E-state index in [9.17, 15) is 0 Å². The van der Waals surface area contributed by atoms with Gasteiger partial charge in [0.25, 0.3) is 0 Å². The maximum Gasteiger partial charge on any atom is 0.0640 e. The molecule has 52 heavy (non-hydrogen) atoms. The van der Waals surface area contributed by atoms with Crippen LogP contribution in [0.3, 0.4) is 0 Å². The van der Waals surface area contributed by atoms with Gasteiger partial charge in [0, 0.05) is 26.8 Å². The normalized spacial score (nSPS) is 14.7. The van der Waals surface area contributed by atoms with Gasteiger partial charge in [-0.05, 0) is 103 Å². The zero-order valence-electron chi connectivity index (χ0n) is 39.5. The van der Waals surface area contributed by atoms with Crippen molar-refractivity contribution in [1.29, 1.82) is 0 Å². The summed E-state index contributed by atoms with van der Waals surface area (Å²) in [6.45, 7) is 0. The zero-order chi connectivity index (χ0) is 44.9. The lowest BCUT2D eigenvalue weighted by Crippen LogP contribution is -2.10. The molecule has 0 radical (unpaired) electrons. The van der Waals surface area contributed by atoms with Crippen molar-refractivity contribution in [2.75, 3.05) is 4.90 Å². The summed E-state index contributed by atoms with van der Waals surface area (Å²) in [5, 5.41) is 3.89. The summed E-state index contributed by atoms with van der Waals surface area (Å²) < 4.78 is 105. The zero-order valence-corrected chi connectivity index (χ0v) is 28.3. The van der Waals surface area contributed by atoms with Crippen molar-refractivity contribution in [2.45, 2.75) is 0 Å². The van der Waals surface area contributed by atoms with Gasteiger partial charge in [-0.2, -0.15) is 0 Å². The number of nitrogens with zero attached hydrogens (tertiary/aromatic N) is 1. The third kappa shape index (κ3) is 5.24. The Morgan fingerprint density at radius 2 is 1.00 bits per heavy atom. The molecule has 0 aliphatic rings. The second-order valence-corrected chi connectivity index (χ2v) is 13.5. The Morgan fingerprint density at radius 3 is 1.75 bits per heavy atom. The summed E-state index contributed by atoms with van der Waals surface area (Å²) in [5.41, 5.74) is 5.05. The highest BCUT2D eigenvalue weighted by atomic mass is 32.1. The third-order valence-electron chi connectivity index (χ3n) is 9.44. The fraction of sp³-hybridized carbons (Fsp3) is 0. The van der Waals surface area contributed by atoms with Crippen LogP contribution in [0.2, 0.25) is 0 Å². The minimum absolute atomic E-state index is 0.0175. The average Bonchev–Trinajstić information content (AvgIpc) is 3.70. The molecule has 0 spiro atoms. The van der Waals surface area contributed by atoms with Gasteiger partial charge in [0.2, 0.25) is 0 Å². The SMILES string of the molecule is [2H]c1c([2H])c([2H])c(-c2cc3ccccc3cc2-c2ccc(N(c3ccc(-c4c([2H])c([2H])c([2H])c5c([2H])c([2H])c([2H])c([2H])c45)cc3)c3cccc4c3sc3ccccc34)cc2)c([2H])c1[2H]. The minimum Gasteiger partial charge on any atom is -0.309 e. The number of rotatable bonds is 6. The summed E-state index contributed by atoms with van der Waals surface area (Å²) in [6, 6.07) is 36.3. The molecular weight excluding hydrogens is 647 g/mol. The second kappa shape index (κ2) is 12.7. The molecule has 0 unspecified atom stereocenters. The van der Waals surface area contributed by atoms with Gasteiger partial charge < -0.3 is 4.90 Å². The summed E-state index contributed by atoms with van der Waals surface area (Å²) >= 11 is 1.67. The van der Waals surface area contributed by atoms with Crippen molar-refractivity contribution in [1.82, 2.24) is 0 Å². The summed E-state index contributed by atoms with van der Waals surface area (Å²) in [6.07, 6.45) is 0. The molecule has 10 aromatic rings. The Balaban J connectivity index is 1.17. The molecule has 0 N–H and O–H groups in total. The molecule has 0 aliphatic carbocycles. The molecule has 2 heteroatoms. The van der Waals surface area contributed by atoms with Gasteiger partial charge in [0.05, 0.1) is 26.8 Å². The van der Waals surface area contributed by atoms with Crippen LogP contribution < -0.4 is 4.90 Å². The molecule has 0 aliphatic heterocycles. The number of fused-ring (bicyclic) bond motifs is 5. The van der Waals surface area contributed by atoms with Gasteiger partial charge in [0.15, 0.2) is 0 Å². The molecule has 244 valence electrons. The fourth-order valence-electron chi connectivity index (χ4n) is 7.00. The quantitative estimate of drug-likeness (QED) is 0.168. The Kier molecular flexibility index (Phi) is 4.98. The molecule has 0 saturated heterocycles. The number of thiophene rings is 1. The lowest BCUT2D eigenvalue weighted by atomic mass is 9.91. The second-order valence-electron chi connectivity index (χ2n) is 12.4. The van der Waals surface area contributed by atoms with Gasteiger partial charge in [-0.25, -0.2) is 0 Å². The number of hydrogen-bond donors (Lipinski definition) is 0. The molecule has 0 amide bonds. The number of benzene rings is 9. The van der Waals surface area contributed by atoms with Crippen LogP contribution in [0.1, 0.15) is 16.4 Å². The molecule has 1 aromatic heterocycles. The predicted molar refractivity (Wildman–Crippen MR) is 225 cm³/mol. The average molecular weight is 692 g/mol. The van der Waals surface area contributed by atoms with Crippen LogP contribution in [0.5, 0.6) is 0 Å². The molecule has 1 nitrogen and oxygen atoms in total. The third-order valence-corrected chi connectivity index (χ3v) is 10.7. The van der Waals surface area contributed by atoms with E-state index in [2.05, 4.69) is 23.1 Å². The highest BCUT2D eigenvalue weighted by molar-refractivity contribution is 7.26. The van der Waals surface area contributed by atoms with Crippen LogP contribution in [0.15, 0.2) is 200 Å². The van der Waals surface area contributed by atoms with Crippen LogP contribution in [0.25, 0.3) is 75.1 Å². The highest BCUT2D eigenvalue weighted by Gasteiger charge is 2.19. The van der Waals surface area contributed by atoms with E-state index in [1.54, 1.807) is 23.5 Å². The number of anilines is 3. The monoisotopic (exact) mass is 691 g/mol.